The van der Waals surface area contributed by atoms with Crippen molar-refractivity contribution >= 4 is 24.0 Å². The average Bonchev–Trinajstić information content (AvgIpc) is 2.47. The lowest BCUT2D eigenvalue weighted by molar-refractivity contribution is -0.139. The fraction of sp³-hybridized carbons (Fsp3) is 0.579. The third kappa shape index (κ3) is 9.75. The third-order valence-electron chi connectivity index (χ3n) is 3.16. The molecule has 0 aliphatic heterocycles. The highest BCUT2D eigenvalue weighted by atomic mass is 16.6. The van der Waals surface area contributed by atoms with Crippen LogP contribution >= 0.6 is 0 Å². The summed E-state index contributed by atoms with van der Waals surface area (Å²) in [6, 6.07) is 2.22. The second-order valence-corrected chi connectivity index (χ2v) is 8.25. The van der Waals surface area contributed by atoms with Crippen LogP contribution in [-0.2, 0) is 20.7 Å². The Kier molecular flexibility index (Phi) is 7.78. The van der Waals surface area contributed by atoms with Gasteiger partial charge in [0, 0.05) is 6.20 Å². The Hall–Kier alpha value is -2.84. The molecule has 0 aromatic carbocycles. The number of rotatable bonds is 6. The summed E-state index contributed by atoms with van der Waals surface area (Å²) in [5, 5.41) is 14.2. The molecule has 0 saturated carbocycles. The highest BCUT2D eigenvalue weighted by Gasteiger charge is 2.24. The minimum absolute atomic E-state index is 0.143. The first kappa shape index (κ1) is 23.2. The number of aliphatic carboxylic acids is 1. The van der Waals surface area contributed by atoms with E-state index in [4.69, 9.17) is 9.47 Å². The smallest absolute Gasteiger partial charge is 0.413 e. The van der Waals surface area contributed by atoms with Crippen LogP contribution in [-0.4, -0.2) is 45.5 Å². The first-order valence-corrected chi connectivity index (χ1v) is 8.92. The van der Waals surface area contributed by atoms with Gasteiger partial charge < -0.3 is 19.9 Å². The zero-order valence-electron chi connectivity index (χ0n) is 17.2. The molecule has 2 amide bonds. The highest BCUT2D eigenvalue weighted by Crippen LogP contribution is 2.14. The van der Waals surface area contributed by atoms with Gasteiger partial charge >= 0.3 is 18.2 Å². The van der Waals surface area contributed by atoms with Crippen molar-refractivity contribution in [3.63, 3.8) is 0 Å². The second-order valence-electron chi connectivity index (χ2n) is 8.25. The predicted molar refractivity (Wildman–Crippen MR) is 103 cm³/mol. The van der Waals surface area contributed by atoms with E-state index in [1.54, 1.807) is 53.7 Å². The number of hydrogen-bond acceptors (Lipinski definition) is 6. The molecule has 1 aromatic heterocycles. The normalized spacial score (nSPS) is 12.6. The Morgan fingerprint density at radius 3 is 2.18 bits per heavy atom. The maximum absolute atomic E-state index is 11.8. The molecule has 1 atom stereocenters. The summed E-state index contributed by atoms with van der Waals surface area (Å²) in [6.07, 6.45) is 0.566. The Labute approximate surface area is 164 Å². The summed E-state index contributed by atoms with van der Waals surface area (Å²) in [5.74, 6) is -0.870. The van der Waals surface area contributed by atoms with E-state index in [1.807, 2.05) is 0 Å². The van der Waals surface area contributed by atoms with Gasteiger partial charge in [0.05, 0.1) is 0 Å². The van der Waals surface area contributed by atoms with Gasteiger partial charge in [-0.25, -0.2) is 19.4 Å². The van der Waals surface area contributed by atoms with E-state index in [0.717, 1.165) is 5.56 Å². The Morgan fingerprint density at radius 2 is 1.64 bits per heavy atom. The van der Waals surface area contributed by atoms with Gasteiger partial charge in [-0.15, -0.1) is 0 Å². The molecule has 0 aliphatic carbocycles. The maximum Gasteiger partial charge on any atom is 0.413 e. The highest BCUT2D eigenvalue weighted by molar-refractivity contribution is 5.83. The number of anilines is 1. The lowest BCUT2D eigenvalue weighted by Gasteiger charge is -2.22. The molecule has 156 valence electrons. The molecule has 0 bridgehead atoms. The van der Waals surface area contributed by atoms with Crippen molar-refractivity contribution in [2.75, 3.05) is 5.32 Å². The lowest BCUT2D eigenvalue weighted by Crippen LogP contribution is -2.43. The molecule has 0 unspecified atom stereocenters. The van der Waals surface area contributed by atoms with Crippen LogP contribution in [0.1, 0.15) is 53.5 Å². The van der Waals surface area contributed by atoms with Crippen LogP contribution in [0.4, 0.5) is 15.4 Å². The van der Waals surface area contributed by atoms with Crippen LogP contribution in [0.15, 0.2) is 18.3 Å². The first-order chi connectivity index (χ1) is 12.7. The van der Waals surface area contributed by atoms with Crippen molar-refractivity contribution in [3.05, 3.63) is 23.9 Å². The summed E-state index contributed by atoms with van der Waals surface area (Å²) in [4.78, 5) is 39.1. The van der Waals surface area contributed by atoms with Crippen LogP contribution in [0.2, 0.25) is 0 Å². The second kappa shape index (κ2) is 9.38. The standard InChI is InChI=1S/C19H29N3O6/c1-18(2,3)27-16(25)21-13(15(23)24)8-7-12-9-10-20-14(11-12)22-17(26)28-19(4,5)6/h9-11,13H,7-8H2,1-6H3,(H,21,25)(H,23,24)(H,20,22,26)/t13-/m0/s1. The molecule has 9 nitrogen and oxygen atoms in total. The summed E-state index contributed by atoms with van der Waals surface area (Å²) < 4.78 is 10.3. The molecule has 1 heterocycles. The number of hydrogen-bond donors (Lipinski definition) is 3. The first-order valence-electron chi connectivity index (χ1n) is 8.92. The fourth-order valence-electron chi connectivity index (χ4n) is 2.12. The van der Waals surface area contributed by atoms with Crippen LogP contribution in [0.3, 0.4) is 0 Å². The summed E-state index contributed by atoms with van der Waals surface area (Å²) in [6.45, 7) is 10.3. The van der Waals surface area contributed by atoms with Crippen LogP contribution < -0.4 is 10.6 Å². The van der Waals surface area contributed by atoms with Gasteiger partial charge in [-0.1, -0.05) is 0 Å². The van der Waals surface area contributed by atoms with E-state index in [1.165, 1.54) is 6.20 Å². The molecule has 0 saturated heterocycles. The minimum Gasteiger partial charge on any atom is -0.480 e. The third-order valence-corrected chi connectivity index (χ3v) is 3.16. The van der Waals surface area contributed by atoms with Gasteiger partial charge in [-0.05, 0) is 72.1 Å². The summed E-state index contributed by atoms with van der Waals surface area (Å²) >= 11 is 0. The molecular weight excluding hydrogens is 366 g/mol. The number of aryl methyl sites for hydroxylation is 1. The van der Waals surface area contributed by atoms with E-state index in [2.05, 4.69) is 15.6 Å². The fourth-order valence-corrected chi connectivity index (χ4v) is 2.12. The van der Waals surface area contributed by atoms with E-state index in [-0.39, 0.29) is 6.42 Å². The zero-order chi connectivity index (χ0) is 21.5. The van der Waals surface area contributed by atoms with Crippen LogP contribution in [0, 0.1) is 0 Å². The molecule has 28 heavy (non-hydrogen) atoms. The molecule has 9 heteroatoms. The number of aromatic nitrogens is 1. The van der Waals surface area contributed by atoms with E-state index < -0.39 is 35.4 Å². The van der Waals surface area contributed by atoms with Crippen molar-refractivity contribution in [1.29, 1.82) is 0 Å². The number of pyridine rings is 1. The van der Waals surface area contributed by atoms with E-state index >= 15 is 0 Å². The largest absolute Gasteiger partial charge is 0.480 e. The molecule has 3 N–H and O–H groups in total. The zero-order valence-corrected chi connectivity index (χ0v) is 17.2. The number of nitrogens with zero attached hydrogens (tertiary/aromatic N) is 1. The van der Waals surface area contributed by atoms with Crippen molar-refractivity contribution in [2.24, 2.45) is 0 Å². The monoisotopic (exact) mass is 395 g/mol. The van der Waals surface area contributed by atoms with Crippen LogP contribution in [0.5, 0.6) is 0 Å². The topological polar surface area (TPSA) is 127 Å². The summed E-state index contributed by atoms with van der Waals surface area (Å²) in [7, 11) is 0. The molecule has 1 rings (SSSR count). The van der Waals surface area contributed by atoms with Crippen molar-refractivity contribution in [3.8, 4) is 0 Å². The van der Waals surface area contributed by atoms with Crippen molar-refractivity contribution in [1.82, 2.24) is 10.3 Å². The van der Waals surface area contributed by atoms with Crippen molar-refractivity contribution < 1.29 is 29.0 Å². The number of amides is 2. The minimum atomic E-state index is -1.16. The van der Waals surface area contributed by atoms with Gasteiger partial charge in [0.25, 0.3) is 0 Å². The number of alkyl carbamates (subject to hydrolysis) is 1. The molecular formula is C19H29N3O6. The molecule has 1 aromatic rings. The molecule has 0 aliphatic rings. The lowest BCUT2D eigenvalue weighted by atomic mass is 10.1. The molecule has 0 radical (unpaired) electrons. The predicted octanol–water partition coefficient (Wildman–Crippen LogP) is 3.34. The van der Waals surface area contributed by atoms with E-state index in [0.29, 0.717) is 12.2 Å². The van der Waals surface area contributed by atoms with Gasteiger partial charge in [-0.3, -0.25) is 5.32 Å². The number of carbonyl (C=O) groups excluding carboxylic acids is 2. The quantitative estimate of drug-likeness (QED) is 0.674. The van der Waals surface area contributed by atoms with Gasteiger partial charge in [-0.2, -0.15) is 0 Å². The van der Waals surface area contributed by atoms with Gasteiger partial charge in [0.1, 0.15) is 23.1 Å². The number of carbonyl (C=O) groups is 3. The Morgan fingerprint density at radius 1 is 1.07 bits per heavy atom. The number of nitrogens with one attached hydrogen (secondary N) is 2. The Bertz CT molecular complexity index is 706. The maximum atomic E-state index is 11.8. The molecule has 0 fully saturated rings. The van der Waals surface area contributed by atoms with Crippen LogP contribution in [0.25, 0.3) is 0 Å². The van der Waals surface area contributed by atoms with Gasteiger partial charge in [0.15, 0.2) is 0 Å². The SMILES string of the molecule is CC(C)(C)OC(=O)Nc1cc(CC[C@H](NC(=O)OC(C)(C)C)C(=O)O)ccn1. The Balaban J connectivity index is 2.67. The van der Waals surface area contributed by atoms with E-state index in [9.17, 15) is 19.5 Å². The number of carboxylic acids is 1. The number of ether oxygens (including phenoxy) is 2. The summed E-state index contributed by atoms with van der Waals surface area (Å²) in [5.41, 5.74) is -0.609. The number of carboxylic acid groups (broad SMARTS) is 1. The van der Waals surface area contributed by atoms with Crippen molar-refractivity contribution in [2.45, 2.75) is 71.6 Å². The van der Waals surface area contributed by atoms with Gasteiger partial charge in [0.2, 0.25) is 0 Å². The average molecular weight is 395 g/mol. The molecule has 0 spiro atoms.